The molecule has 0 saturated heterocycles. The molecule has 0 radical (unpaired) electrons. The molecule has 0 saturated carbocycles. The summed E-state index contributed by atoms with van der Waals surface area (Å²) in [5.41, 5.74) is 5.22. The van der Waals surface area contributed by atoms with Crippen molar-refractivity contribution >= 4 is 24.2 Å². The predicted molar refractivity (Wildman–Crippen MR) is 83.3 cm³/mol. The number of hydrogen-bond acceptors (Lipinski definition) is 4. The molecule has 0 aromatic carbocycles. The third-order valence-corrected chi connectivity index (χ3v) is 3.59. The van der Waals surface area contributed by atoms with Gasteiger partial charge in [0.25, 0.3) is 5.91 Å². The first kappa shape index (κ1) is 19.5. The average molecular weight is 318 g/mol. The van der Waals surface area contributed by atoms with Crippen molar-refractivity contribution in [3.63, 3.8) is 0 Å². The normalized spacial score (nSPS) is 14.8. The molecule has 7 heteroatoms. The Morgan fingerprint density at radius 1 is 1.38 bits per heavy atom. The average Bonchev–Trinajstić information content (AvgIpc) is 2.91. The van der Waals surface area contributed by atoms with Crippen LogP contribution in [0.5, 0.6) is 0 Å². The lowest BCUT2D eigenvalue weighted by Crippen LogP contribution is -2.59. The minimum absolute atomic E-state index is 0. The molecule has 0 aliphatic heterocycles. The van der Waals surface area contributed by atoms with Crippen LogP contribution in [0.4, 0.5) is 0 Å². The molecule has 0 aliphatic carbocycles. The highest BCUT2D eigenvalue weighted by atomic mass is 35.5. The van der Waals surface area contributed by atoms with E-state index in [2.05, 4.69) is 10.6 Å². The van der Waals surface area contributed by atoms with Crippen LogP contribution in [-0.2, 0) is 4.79 Å². The first-order valence-corrected chi connectivity index (χ1v) is 6.66. The molecule has 2 atom stereocenters. The standard InChI is InChI=1S/C14H23N3O3.ClH/c1-9(2)14(4,8-15)17-12(18)10(3)16-13(19)11-6-5-7-20-11;/h5-7,9-10H,8,15H2,1-4H3,(H,16,19)(H,17,18);1H. The van der Waals surface area contributed by atoms with Gasteiger partial charge in [-0.05, 0) is 31.9 Å². The Morgan fingerprint density at radius 3 is 2.43 bits per heavy atom. The SMILES string of the molecule is CC(NC(=O)c1ccco1)C(=O)NC(C)(CN)C(C)C.Cl. The fourth-order valence-electron chi connectivity index (χ4n) is 1.56. The predicted octanol–water partition coefficient (Wildman–Crippen LogP) is 1.31. The topological polar surface area (TPSA) is 97.4 Å². The summed E-state index contributed by atoms with van der Waals surface area (Å²) in [4.78, 5) is 23.9. The molecular formula is C14H24ClN3O3. The van der Waals surface area contributed by atoms with Gasteiger partial charge in [0, 0.05) is 6.54 Å². The van der Waals surface area contributed by atoms with Gasteiger partial charge in [-0.3, -0.25) is 9.59 Å². The van der Waals surface area contributed by atoms with Crippen LogP contribution in [0.15, 0.2) is 22.8 Å². The number of carbonyl (C=O) groups is 2. The van der Waals surface area contributed by atoms with Crippen LogP contribution in [0, 0.1) is 5.92 Å². The van der Waals surface area contributed by atoms with Gasteiger partial charge in [0.2, 0.25) is 5.91 Å². The molecule has 0 bridgehead atoms. The Balaban J connectivity index is 0.00000400. The number of carbonyl (C=O) groups excluding carboxylic acids is 2. The molecule has 1 heterocycles. The van der Waals surface area contributed by atoms with Gasteiger partial charge in [-0.1, -0.05) is 13.8 Å². The maximum atomic E-state index is 12.1. The molecule has 1 rings (SSSR count). The number of nitrogens with two attached hydrogens (primary N) is 1. The second kappa shape index (κ2) is 8.05. The zero-order chi connectivity index (χ0) is 15.3. The smallest absolute Gasteiger partial charge is 0.287 e. The molecule has 21 heavy (non-hydrogen) atoms. The number of amides is 2. The number of furan rings is 1. The van der Waals surface area contributed by atoms with Crippen LogP contribution in [0.2, 0.25) is 0 Å². The van der Waals surface area contributed by atoms with Gasteiger partial charge >= 0.3 is 0 Å². The number of rotatable bonds is 6. The van der Waals surface area contributed by atoms with Crippen molar-refractivity contribution in [2.24, 2.45) is 11.7 Å². The number of halogens is 1. The van der Waals surface area contributed by atoms with Crippen molar-refractivity contribution in [1.29, 1.82) is 0 Å². The van der Waals surface area contributed by atoms with E-state index in [0.717, 1.165) is 0 Å². The summed E-state index contributed by atoms with van der Waals surface area (Å²) in [6, 6.07) is 2.49. The number of hydrogen-bond donors (Lipinski definition) is 3. The van der Waals surface area contributed by atoms with Crippen molar-refractivity contribution in [2.45, 2.75) is 39.3 Å². The molecule has 0 aliphatic rings. The second-order valence-corrected chi connectivity index (χ2v) is 5.44. The molecular weight excluding hydrogens is 294 g/mol. The Hall–Kier alpha value is -1.53. The fourth-order valence-corrected chi connectivity index (χ4v) is 1.56. The van der Waals surface area contributed by atoms with Crippen LogP contribution in [-0.4, -0.2) is 29.9 Å². The van der Waals surface area contributed by atoms with Crippen molar-refractivity contribution < 1.29 is 14.0 Å². The largest absolute Gasteiger partial charge is 0.459 e. The first-order chi connectivity index (χ1) is 9.30. The van der Waals surface area contributed by atoms with Gasteiger partial charge in [0.15, 0.2) is 5.76 Å². The molecule has 1 aromatic rings. The van der Waals surface area contributed by atoms with Gasteiger partial charge in [-0.15, -0.1) is 12.4 Å². The van der Waals surface area contributed by atoms with Crippen LogP contribution < -0.4 is 16.4 Å². The van der Waals surface area contributed by atoms with E-state index < -0.39 is 17.5 Å². The molecule has 0 fully saturated rings. The summed E-state index contributed by atoms with van der Waals surface area (Å²) in [7, 11) is 0. The highest BCUT2D eigenvalue weighted by molar-refractivity contribution is 5.95. The van der Waals surface area contributed by atoms with E-state index in [9.17, 15) is 9.59 Å². The molecule has 2 amide bonds. The van der Waals surface area contributed by atoms with E-state index in [0.29, 0.717) is 6.54 Å². The fraction of sp³-hybridized carbons (Fsp3) is 0.571. The zero-order valence-electron chi connectivity index (χ0n) is 12.8. The van der Waals surface area contributed by atoms with Gasteiger partial charge < -0.3 is 20.8 Å². The summed E-state index contributed by atoms with van der Waals surface area (Å²) < 4.78 is 4.97. The van der Waals surface area contributed by atoms with Crippen LogP contribution in [0.25, 0.3) is 0 Å². The lowest BCUT2D eigenvalue weighted by molar-refractivity contribution is -0.124. The highest BCUT2D eigenvalue weighted by Crippen LogP contribution is 2.14. The van der Waals surface area contributed by atoms with Gasteiger partial charge in [0.05, 0.1) is 11.8 Å². The van der Waals surface area contributed by atoms with E-state index in [4.69, 9.17) is 10.2 Å². The van der Waals surface area contributed by atoms with Gasteiger partial charge in [-0.25, -0.2) is 0 Å². The molecule has 120 valence electrons. The summed E-state index contributed by atoms with van der Waals surface area (Å²) in [6.45, 7) is 7.80. The molecule has 4 N–H and O–H groups in total. The van der Waals surface area contributed by atoms with E-state index in [1.807, 2.05) is 20.8 Å². The van der Waals surface area contributed by atoms with Gasteiger partial charge in [-0.2, -0.15) is 0 Å². The molecule has 0 spiro atoms. The van der Waals surface area contributed by atoms with Crippen LogP contribution in [0.3, 0.4) is 0 Å². The Labute approximate surface area is 131 Å². The highest BCUT2D eigenvalue weighted by Gasteiger charge is 2.30. The van der Waals surface area contributed by atoms with E-state index in [1.54, 1.807) is 13.0 Å². The van der Waals surface area contributed by atoms with E-state index in [-0.39, 0.29) is 30.0 Å². The third-order valence-electron chi connectivity index (χ3n) is 3.59. The third kappa shape index (κ3) is 5.06. The molecule has 2 unspecified atom stereocenters. The quantitative estimate of drug-likeness (QED) is 0.737. The summed E-state index contributed by atoms with van der Waals surface area (Å²) in [5, 5.41) is 5.47. The van der Waals surface area contributed by atoms with Crippen LogP contribution in [0.1, 0.15) is 38.2 Å². The zero-order valence-corrected chi connectivity index (χ0v) is 13.6. The molecule has 6 nitrogen and oxygen atoms in total. The monoisotopic (exact) mass is 317 g/mol. The summed E-state index contributed by atoms with van der Waals surface area (Å²) in [5.74, 6) is -0.331. The lowest BCUT2D eigenvalue weighted by atomic mass is 9.88. The first-order valence-electron chi connectivity index (χ1n) is 6.66. The Morgan fingerprint density at radius 2 is 2.00 bits per heavy atom. The second-order valence-electron chi connectivity index (χ2n) is 5.44. The van der Waals surface area contributed by atoms with Crippen molar-refractivity contribution in [3.05, 3.63) is 24.2 Å². The minimum Gasteiger partial charge on any atom is -0.459 e. The Kier molecular flexibility index (Phi) is 7.46. The maximum absolute atomic E-state index is 12.1. The summed E-state index contributed by atoms with van der Waals surface area (Å²) >= 11 is 0. The molecule has 1 aromatic heterocycles. The number of nitrogens with one attached hydrogen (secondary N) is 2. The van der Waals surface area contributed by atoms with Crippen molar-refractivity contribution in [1.82, 2.24) is 10.6 Å². The maximum Gasteiger partial charge on any atom is 0.287 e. The minimum atomic E-state index is -0.669. The Bertz CT molecular complexity index is 462. The van der Waals surface area contributed by atoms with Crippen molar-refractivity contribution in [3.8, 4) is 0 Å². The van der Waals surface area contributed by atoms with Crippen LogP contribution >= 0.6 is 12.4 Å². The van der Waals surface area contributed by atoms with Crippen molar-refractivity contribution in [2.75, 3.05) is 6.54 Å². The van der Waals surface area contributed by atoms with E-state index >= 15 is 0 Å². The van der Waals surface area contributed by atoms with Gasteiger partial charge in [0.1, 0.15) is 6.04 Å². The summed E-state index contributed by atoms with van der Waals surface area (Å²) in [6.07, 6.45) is 1.41. The van der Waals surface area contributed by atoms with E-state index in [1.165, 1.54) is 12.3 Å². The lowest BCUT2D eigenvalue weighted by Gasteiger charge is -2.34.